The van der Waals surface area contributed by atoms with Crippen molar-refractivity contribution in [2.75, 3.05) is 25.6 Å². The molecular weight excluding hydrogens is 292 g/mol. The number of anilines is 1. The van der Waals surface area contributed by atoms with Gasteiger partial charge < -0.3 is 15.0 Å². The van der Waals surface area contributed by atoms with Crippen LogP contribution < -0.4 is 5.32 Å². The lowest BCUT2D eigenvalue weighted by Crippen LogP contribution is -2.38. The number of hydrogen-bond donors (Lipinski definition) is 1. The Kier molecular flexibility index (Phi) is 5.20. The first-order valence-corrected chi connectivity index (χ1v) is 7.24. The lowest BCUT2D eigenvalue weighted by Gasteiger charge is -2.23. The van der Waals surface area contributed by atoms with Crippen molar-refractivity contribution in [3.63, 3.8) is 0 Å². The Morgan fingerprint density at radius 3 is 2.76 bits per heavy atom. The van der Waals surface area contributed by atoms with Crippen LogP contribution in [0.15, 0.2) is 24.3 Å². The molecule has 5 nitrogen and oxygen atoms in total. The average Bonchev–Trinajstić information content (AvgIpc) is 2.84. The predicted octanol–water partition coefficient (Wildman–Crippen LogP) is 2.16. The highest BCUT2D eigenvalue weighted by Gasteiger charge is 2.36. The third kappa shape index (κ3) is 3.95. The van der Waals surface area contributed by atoms with Crippen molar-refractivity contribution in [2.45, 2.75) is 19.4 Å². The number of methoxy groups -OCH3 is 1. The van der Waals surface area contributed by atoms with Crippen LogP contribution >= 0.6 is 11.6 Å². The summed E-state index contributed by atoms with van der Waals surface area (Å²) in [5.41, 5.74) is 0.681. The number of carbonyl (C=O) groups excluding carboxylic acids is 2. The van der Waals surface area contributed by atoms with Gasteiger partial charge in [0.15, 0.2) is 0 Å². The van der Waals surface area contributed by atoms with Crippen molar-refractivity contribution in [3.05, 3.63) is 29.3 Å². The fraction of sp³-hybridized carbons (Fsp3) is 0.467. The van der Waals surface area contributed by atoms with Gasteiger partial charge >= 0.3 is 0 Å². The number of benzene rings is 1. The van der Waals surface area contributed by atoms with Crippen LogP contribution in [0.2, 0.25) is 5.02 Å². The number of halogens is 1. The molecular formula is C15H19ClN2O3. The van der Waals surface area contributed by atoms with Crippen LogP contribution in [-0.2, 0) is 14.3 Å². The van der Waals surface area contributed by atoms with Gasteiger partial charge in [0.05, 0.1) is 18.6 Å². The third-order valence-corrected chi connectivity index (χ3v) is 3.83. The quantitative estimate of drug-likeness (QED) is 0.906. The van der Waals surface area contributed by atoms with Crippen molar-refractivity contribution in [2.24, 2.45) is 5.92 Å². The van der Waals surface area contributed by atoms with E-state index in [0.29, 0.717) is 23.9 Å². The Morgan fingerprint density at radius 2 is 2.14 bits per heavy atom. The first kappa shape index (κ1) is 15.8. The molecule has 1 saturated heterocycles. The van der Waals surface area contributed by atoms with Crippen molar-refractivity contribution in [3.8, 4) is 0 Å². The zero-order valence-electron chi connectivity index (χ0n) is 12.1. The predicted molar refractivity (Wildman–Crippen MR) is 81.2 cm³/mol. The van der Waals surface area contributed by atoms with Crippen LogP contribution in [-0.4, -0.2) is 43.0 Å². The van der Waals surface area contributed by atoms with Gasteiger partial charge in [0, 0.05) is 30.8 Å². The Labute approximate surface area is 129 Å². The molecule has 2 atom stereocenters. The number of amides is 2. The van der Waals surface area contributed by atoms with E-state index in [4.69, 9.17) is 16.3 Å². The largest absolute Gasteiger partial charge is 0.383 e. The van der Waals surface area contributed by atoms with E-state index in [9.17, 15) is 9.59 Å². The fourth-order valence-electron chi connectivity index (χ4n) is 2.44. The summed E-state index contributed by atoms with van der Waals surface area (Å²) in [5, 5.41) is 3.43. The number of rotatable bonds is 5. The molecule has 0 spiro atoms. The molecule has 0 aromatic heterocycles. The number of hydrogen-bond acceptors (Lipinski definition) is 3. The minimum absolute atomic E-state index is 0.00388. The molecule has 2 rings (SSSR count). The monoisotopic (exact) mass is 310 g/mol. The Morgan fingerprint density at radius 1 is 1.48 bits per heavy atom. The zero-order valence-corrected chi connectivity index (χ0v) is 12.9. The van der Waals surface area contributed by atoms with Gasteiger partial charge in [-0.25, -0.2) is 0 Å². The highest BCUT2D eigenvalue weighted by molar-refractivity contribution is 6.30. The topological polar surface area (TPSA) is 58.6 Å². The molecule has 1 aromatic rings. The Bertz CT molecular complexity index is 518. The van der Waals surface area contributed by atoms with Crippen molar-refractivity contribution >= 4 is 29.1 Å². The van der Waals surface area contributed by atoms with Gasteiger partial charge in [-0.1, -0.05) is 11.6 Å². The molecule has 1 fully saturated rings. The molecule has 0 unspecified atom stereocenters. The zero-order chi connectivity index (χ0) is 15.4. The van der Waals surface area contributed by atoms with Gasteiger partial charge in [-0.05, 0) is 31.2 Å². The minimum Gasteiger partial charge on any atom is -0.383 e. The van der Waals surface area contributed by atoms with Crippen LogP contribution in [0.4, 0.5) is 5.69 Å². The van der Waals surface area contributed by atoms with E-state index in [1.165, 1.54) is 0 Å². The van der Waals surface area contributed by atoms with E-state index in [1.54, 1.807) is 36.3 Å². The molecule has 6 heteroatoms. The minimum atomic E-state index is -0.326. The average molecular weight is 311 g/mol. The molecule has 1 aromatic carbocycles. The molecule has 0 saturated carbocycles. The highest BCUT2D eigenvalue weighted by Crippen LogP contribution is 2.22. The molecule has 1 aliphatic heterocycles. The fourth-order valence-corrected chi connectivity index (χ4v) is 2.57. The molecule has 0 bridgehead atoms. The second-order valence-electron chi connectivity index (χ2n) is 5.25. The van der Waals surface area contributed by atoms with Crippen LogP contribution in [0.1, 0.15) is 13.3 Å². The number of nitrogens with zero attached hydrogens (tertiary/aromatic N) is 1. The SMILES string of the molecule is COC[C@H](C)N1C[C@H](C(=O)Nc2ccc(Cl)cc2)CC1=O. The molecule has 0 aliphatic carbocycles. The van der Waals surface area contributed by atoms with Gasteiger partial charge in [0.1, 0.15) is 0 Å². The molecule has 1 aliphatic rings. The summed E-state index contributed by atoms with van der Waals surface area (Å²) >= 11 is 5.80. The number of nitrogens with one attached hydrogen (secondary N) is 1. The molecule has 21 heavy (non-hydrogen) atoms. The van der Waals surface area contributed by atoms with E-state index < -0.39 is 0 Å². The summed E-state index contributed by atoms with van der Waals surface area (Å²) in [5.74, 6) is -0.471. The molecule has 1 N–H and O–H groups in total. The maximum Gasteiger partial charge on any atom is 0.229 e. The molecule has 114 valence electrons. The van der Waals surface area contributed by atoms with Gasteiger partial charge in [0.25, 0.3) is 0 Å². The molecule has 1 heterocycles. The van der Waals surface area contributed by atoms with E-state index in [2.05, 4.69) is 5.32 Å². The van der Waals surface area contributed by atoms with Crippen molar-refractivity contribution in [1.29, 1.82) is 0 Å². The van der Waals surface area contributed by atoms with E-state index in [0.717, 1.165) is 0 Å². The van der Waals surface area contributed by atoms with Crippen molar-refractivity contribution < 1.29 is 14.3 Å². The van der Waals surface area contributed by atoms with Crippen LogP contribution in [0.25, 0.3) is 0 Å². The summed E-state index contributed by atoms with van der Waals surface area (Å²) in [4.78, 5) is 25.9. The van der Waals surface area contributed by atoms with Gasteiger partial charge in [-0.15, -0.1) is 0 Å². The summed E-state index contributed by atoms with van der Waals surface area (Å²) < 4.78 is 5.06. The Balaban J connectivity index is 1.95. The maximum absolute atomic E-state index is 12.2. The number of likely N-dealkylation sites (tertiary alicyclic amines) is 1. The number of carbonyl (C=O) groups is 2. The van der Waals surface area contributed by atoms with E-state index in [-0.39, 0.29) is 30.2 Å². The van der Waals surface area contributed by atoms with Crippen LogP contribution in [0, 0.1) is 5.92 Å². The van der Waals surface area contributed by atoms with E-state index in [1.807, 2.05) is 6.92 Å². The lowest BCUT2D eigenvalue weighted by atomic mass is 10.1. The summed E-state index contributed by atoms with van der Waals surface area (Å²) in [6.07, 6.45) is 0.244. The summed E-state index contributed by atoms with van der Waals surface area (Å²) in [7, 11) is 1.60. The lowest BCUT2D eigenvalue weighted by molar-refractivity contribution is -0.130. The normalized spacial score (nSPS) is 19.7. The van der Waals surface area contributed by atoms with Gasteiger partial charge in [0.2, 0.25) is 11.8 Å². The summed E-state index contributed by atoms with van der Waals surface area (Å²) in [6, 6.07) is 6.88. The first-order valence-electron chi connectivity index (χ1n) is 6.86. The number of ether oxygens (including phenoxy) is 1. The van der Waals surface area contributed by atoms with Crippen molar-refractivity contribution in [1.82, 2.24) is 4.90 Å². The van der Waals surface area contributed by atoms with Crippen LogP contribution in [0.5, 0.6) is 0 Å². The maximum atomic E-state index is 12.2. The standard InChI is InChI=1S/C15H19ClN2O3/c1-10(9-21-2)18-8-11(7-14(18)19)15(20)17-13-5-3-12(16)4-6-13/h3-6,10-11H,7-9H2,1-2H3,(H,17,20)/t10-,11+/m0/s1. The second kappa shape index (κ2) is 6.91. The third-order valence-electron chi connectivity index (χ3n) is 3.58. The highest BCUT2D eigenvalue weighted by atomic mass is 35.5. The van der Waals surface area contributed by atoms with Gasteiger partial charge in [-0.3, -0.25) is 9.59 Å². The van der Waals surface area contributed by atoms with E-state index >= 15 is 0 Å². The van der Waals surface area contributed by atoms with Crippen LogP contribution in [0.3, 0.4) is 0 Å². The second-order valence-corrected chi connectivity index (χ2v) is 5.68. The summed E-state index contributed by atoms with van der Waals surface area (Å²) in [6.45, 7) is 2.82. The molecule has 2 amide bonds. The smallest absolute Gasteiger partial charge is 0.229 e. The Hall–Kier alpha value is -1.59. The van der Waals surface area contributed by atoms with Gasteiger partial charge in [-0.2, -0.15) is 0 Å². The first-order chi connectivity index (χ1) is 10.0. The molecule has 0 radical (unpaired) electrons.